The Bertz CT molecular complexity index is 297. The van der Waals surface area contributed by atoms with Gasteiger partial charge in [0.15, 0.2) is 3.77 Å². The Morgan fingerprint density at radius 2 is 2.33 bits per heavy atom. The third-order valence-electron chi connectivity index (χ3n) is 2.19. The molecule has 1 aromatic heterocycles. The number of hydrogen-bond donors (Lipinski definition) is 1. The van der Waals surface area contributed by atoms with E-state index in [-0.39, 0.29) is 6.10 Å². The van der Waals surface area contributed by atoms with Gasteiger partial charge in [0.1, 0.15) is 5.76 Å². The normalized spacial score (nSPS) is 21.8. The van der Waals surface area contributed by atoms with Crippen LogP contribution < -0.4 is 5.32 Å². The van der Waals surface area contributed by atoms with Crippen LogP contribution in [0.3, 0.4) is 0 Å². The van der Waals surface area contributed by atoms with Crippen molar-refractivity contribution < 1.29 is 13.9 Å². The SMILES string of the molecule is Ic1ccc(CNCC2COCCO2)o1. The number of halogens is 1. The standard InChI is InChI=1S/C10H14INO3/c11-10-2-1-8(15-10)5-12-6-9-7-13-3-4-14-9/h1-2,9,12H,3-7H2. The fourth-order valence-corrected chi connectivity index (χ4v) is 1.92. The molecule has 0 bridgehead atoms. The van der Waals surface area contributed by atoms with Gasteiger partial charge < -0.3 is 19.2 Å². The maximum Gasteiger partial charge on any atom is 0.164 e. The molecule has 5 heteroatoms. The van der Waals surface area contributed by atoms with Crippen molar-refractivity contribution in [2.75, 3.05) is 26.4 Å². The third kappa shape index (κ3) is 3.75. The first-order valence-corrected chi connectivity index (χ1v) is 6.07. The summed E-state index contributed by atoms with van der Waals surface area (Å²) in [5.74, 6) is 0.955. The van der Waals surface area contributed by atoms with Crippen LogP contribution in [0.15, 0.2) is 16.5 Å². The Morgan fingerprint density at radius 3 is 3.00 bits per heavy atom. The van der Waals surface area contributed by atoms with Gasteiger partial charge in [-0.1, -0.05) is 0 Å². The number of hydrogen-bond acceptors (Lipinski definition) is 4. The van der Waals surface area contributed by atoms with E-state index in [1.54, 1.807) is 0 Å². The van der Waals surface area contributed by atoms with E-state index in [2.05, 4.69) is 27.9 Å². The van der Waals surface area contributed by atoms with Crippen molar-refractivity contribution >= 4 is 22.6 Å². The molecule has 84 valence electrons. The molecule has 0 radical (unpaired) electrons. The lowest BCUT2D eigenvalue weighted by Crippen LogP contribution is -2.37. The van der Waals surface area contributed by atoms with Gasteiger partial charge in [-0.2, -0.15) is 0 Å². The number of ether oxygens (including phenoxy) is 2. The maximum absolute atomic E-state index is 5.50. The summed E-state index contributed by atoms with van der Waals surface area (Å²) in [6, 6.07) is 3.94. The van der Waals surface area contributed by atoms with Crippen LogP contribution in [0.1, 0.15) is 5.76 Å². The molecule has 1 aromatic rings. The summed E-state index contributed by atoms with van der Waals surface area (Å²) in [5, 5.41) is 3.28. The highest BCUT2D eigenvalue weighted by atomic mass is 127. The van der Waals surface area contributed by atoms with Crippen molar-refractivity contribution in [3.8, 4) is 0 Å². The summed E-state index contributed by atoms with van der Waals surface area (Å²) in [7, 11) is 0. The molecule has 15 heavy (non-hydrogen) atoms. The molecule has 1 atom stereocenters. The van der Waals surface area contributed by atoms with Gasteiger partial charge in [0.25, 0.3) is 0 Å². The van der Waals surface area contributed by atoms with Gasteiger partial charge in [0.2, 0.25) is 0 Å². The predicted molar refractivity (Wildman–Crippen MR) is 63.7 cm³/mol. The van der Waals surface area contributed by atoms with Crippen LogP contribution in [-0.2, 0) is 16.0 Å². The van der Waals surface area contributed by atoms with Gasteiger partial charge in [0.05, 0.1) is 32.5 Å². The van der Waals surface area contributed by atoms with E-state index in [0.29, 0.717) is 19.8 Å². The Labute approximate surface area is 102 Å². The molecule has 0 amide bonds. The Hall–Kier alpha value is -0.110. The highest BCUT2D eigenvalue weighted by molar-refractivity contribution is 14.1. The van der Waals surface area contributed by atoms with Crippen molar-refractivity contribution in [3.63, 3.8) is 0 Å². The monoisotopic (exact) mass is 323 g/mol. The molecule has 1 N–H and O–H groups in total. The van der Waals surface area contributed by atoms with Gasteiger partial charge in [-0.15, -0.1) is 0 Å². The predicted octanol–water partition coefficient (Wildman–Crippen LogP) is 1.39. The van der Waals surface area contributed by atoms with E-state index in [1.807, 2.05) is 12.1 Å². The van der Waals surface area contributed by atoms with Crippen LogP contribution in [0, 0.1) is 3.77 Å². The largest absolute Gasteiger partial charge is 0.454 e. The molecule has 1 aliphatic heterocycles. The van der Waals surface area contributed by atoms with E-state index in [1.165, 1.54) is 0 Å². The molecule has 1 unspecified atom stereocenters. The van der Waals surface area contributed by atoms with Crippen LogP contribution in [-0.4, -0.2) is 32.5 Å². The summed E-state index contributed by atoms with van der Waals surface area (Å²) in [5.41, 5.74) is 0. The smallest absolute Gasteiger partial charge is 0.164 e. The van der Waals surface area contributed by atoms with Gasteiger partial charge in [0, 0.05) is 6.54 Å². The third-order valence-corrected chi connectivity index (χ3v) is 2.76. The number of nitrogens with one attached hydrogen (secondary N) is 1. The Morgan fingerprint density at radius 1 is 1.40 bits per heavy atom. The minimum absolute atomic E-state index is 0.174. The van der Waals surface area contributed by atoms with E-state index in [9.17, 15) is 0 Å². The zero-order chi connectivity index (χ0) is 10.5. The molecule has 0 saturated carbocycles. The second-order valence-electron chi connectivity index (χ2n) is 3.40. The summed E-state index contributed by atoms with van der Waals surface area (Å²) in [4.78, 5) is 0. The highest BCUT2D eigenvalue weighted by Crippen LogP contribution is 2.09. The van der Waals surface area contributed by atoms with Gasteiger partial charge in [-0.25, -0.2) is 0 Å². The van der Waals surface area contributed by atoms with E-state index in [4.69, 9.17) is 13.9 Å². The fraction of sp³-hybridized carbons (Fsp3) is 0.600. The van der Waals surface area contributed by atoms with E-state index >= 15 is 0 Å². The second-order valence-corrected chi connectivity index (χ2v) is 4.47. The lowest BCUT2D eigenvalue weighted by molar-refractivity contribution is -0.0865. The first-order chi connectivity index (χ1) is 7.34. The number of rotatable bonds is 4. The average Bonchev–Trinajstić information content (AvgIpc) is 2.66. The van der Waals surface area contributed by atoms with Gasteiger partial charge in [-0.3, -0.25) is 0 Å². The molecule has 1 saturated heterocycles. The Kier molecular flexibility index (Phi) is 4.42. The van der Waals surface area contributed by atoms with E-state index < -0.39 is 0 Å². The van der Waals surface area contributed by atoms with Crippen molar-refractivity contribution in [1.82, 2.24) is 5.32 Å². The van der Waals surface area contributed by atoms with Crippen LogP contribution in [0.2, 0.25) is 0 Å². The molecule has 4 nitrogen and oxygen atoms in total. The molecule has 0 aromatic carbocycles. The summed E-state index contributed by atoms with van der Waals surface area (Å²) >= 11 is 2.16. The fourth-order valence-electron chi connectivity index (χ4n) is 1.46. The Balaban J connectivity index is 1.65. The molecule has 2 heterocycles. The first-order valence-electron chi connectivity index (χ1n) is 4.99. The minimum Gasteiger partial charge on any atom is -0.454 e. The van der Waals surface area contributed by atoms with Crippen LogP contribution in [0.4, 0.5) is 0 Å². The quantitative estimate of drug-likeness (QED) is 0.851. The van der Waals surface area contributed by atoms with Crippen LogP contribution in [0.5, 0.6) is 0 Å². The zero-order valence-electron chi connectivity index (χ0n) is 8.37. The van der Waals surface area contributed by atoms with Crippen molar-refractivity contribution in [2.24, 2.45) is 0 Å². The summed E-state index contributed by atoms with van der Waals surface area (Å²) in [6.07, 6.45) is 0.174. The molecular formula is C10H14INO3. The van der Waals surface area contributed by atoms with Crippen LogP contribution in [0.25, 0.3) is 0 Å². The average molecular weight is 323 g/mol. The van der Waals surface area contributed by atoms with E-state index in [0.717, 1.165) is 22.6 Å². The van der Waals surface area contributed by atoms with Crippen molar-refractivity contribution in [3.05, 3.63) is 21.7 Å². The molecule has 1 fully saturated rings. The van der Waals surface area contributed by atoms with Crippen LogP contribution >= 0.6 is 22.6 Å². The minimum atomic E-state index is 0.174. The molecule has 2 rings (SSSR count). The van der Waals surface area contributed by atoms with Gasteiger partial charge >= 0.3 is 0 Å². The zero-order valence-corrected chi connectivity index (χ0v) is 10.5. The lowest BCUT2D eigenvalue weighted by atomic mass is 10.3. The molecule has 0 aliphatic carbocycles. The molecule has 1 aliphatic rings. The maximum atomic E-state index is 5.50. The number of furan rings is 1. The van der Waals surface area contributed by atoms with Crippen molar-refractivity contribution in [2.45, 2.75) is 12.6 Å². The van der Waals surface area contributed by atoms with Gasteiger partial charge in [-0.05, 0) is 34.7 Å². The molecular weight excluding hydrogens is 309 g/mol. The highest BCUT2D eigenvalue weighted by Gasteiger charge is 2.13. The molecule has 0 spiro atoms. The topological polar surface area (TPSA) is 43.6 Å². The van der Waals surface area contributed by atoms with Crippen molar-refractivity contribution in [1.29, 1.82) is 0 Å². The summed E-state index contributed by atoms with van der Waals surface area (Å²) in [6.45, 7) is 3.64. The summed E-state index contributed by atoms with van der Waals surface area (Å²) < 4.78 is 17.1. The lowest BCUT2D eigenvalue weighted by Gasteiger charge is -2.22. The first kappa shape index (κ1) is 11.4. The second kappa shape index (κ2) is 5.83.